The molecule has 8 atom stereocenters. The van der Waals surface area contributed by atoms with Gasteiger partial charge in [0.25, 0.3) is 0 Å². The number of aromatic nitrogens is 5. The first-order chi connectivity index (χ1) is 25.8. The van der Waals surface area contributed by atoms with Gasteiger partial charge in [0.05, 0.1) is 45.4 Å². The molecule has 3 aliphatic carbocycles. The lowest BCUT2D eigenvalue weighted by molar-refractivity contribution is 0.0172. The number of carbonyl (C=O) groups excluding carboxylic acids is 2. The Balaban J connectivity index is 0.837. The predicted molar refractivity (Wildman–Crippen MR) is 204 cm³/mol. The number of amides is 2. The van der Waals surface area contributed by atoms with Crippen molar-refractivity contribution in [3.05, 3.63) is 78.4 Å². The summed E-state index contributed by atoms with van der Waals surface area (Å²) in [6, 6.07) is 23.4. The Morgan fingerprint density at radius 1 is 0.648 bits per heavy atom. The lowest BCUT2D eigenvalue weighted by atomic mass is 10.0. The minimum absolute atomic E-state index is 0.0556. The Kier molecular flexibility index (Phi) is 6.29. The topological polar surface area (TPSA) is 129 Å². The van der Waals surface area contributed by atoms with E-state index in [1.807, 2.05) is 57.4 Å². The van der Waals surface area contributed by atoms with E-state index in [0.717, 1.165) is 79.8 Å². The maximum atomic E-state index is 13.2. The van der Waals surface area contributed by atoms with Crippen LogP contribution in [0.5, 0.6) is 0 Å². The van der Waals surface area contributed by atoms with E-state index in [1.165, 1.54) is 0 Å². The van der Waals surface area contributed by atoms with Crippen LogP contribution in [0.25, 0.3) is 55.4 Å². The predicted octanol–water partition coefficient (Wildman–Crippen LogP) is 8.93. The van der Waals surface area contributed by atoms with E-state index >= 15 is 0 Å². The number of H-pyrrole nitrogens is 2. The van der Waals surface area contributed by atoms with Gasteiger partial charge in [-0.25, -0.2) is 24.5 Å². The molecule has 2 amide bonds. The van der Waals surface area contributed by atoms with Gasteiger partial charge in [-0.15, -0.1) is 0 Å². The fourth-order valence-electron chi connectivity index (χ4n) is 9.50. The Hall–Kier alpha value is -5.45. The molecule has 2 N–H and O–H groups in total. The quantitative estimate of drug-likeness (QED) is 0.186. The second kappa shape index (κ2) is 10.6. The molecule has 54 heavy (non-hydrogen) atoms. The Labute approximate surface area is 312 Å². The third-order valence-electron chi connectivity index (χ3n) is 12.1. The van der Waals surface area contributed by atoms with Crippen molar-refractivity contribution in [1.82, 2.24) is 34.7 Å². The second-order valence-corrected chi connectivity index (χ2v) is 18.1. The number of nitrogens with one attached hydrogen (secondary N) is 2. The van der Waals surface area contributed by atoms with E-state index in [2.05, 4.69) is 70.6 Å². The number of fused-ring (bicyclic) bond motifs is 5. The normalized spacial score (nSPS) is 27.7. The summed E-state index contributed by atoms with van der Waals surface area (Å²) >= 11 is 0. The molecular formula is C43H43N7O4. The van der Waals surface area contributed by atoms with Crippen LogP contribution in [0.15, 0.2) is 66.7 Å². The number of piperidine rings is 2. The Morgan fingerprint density at radius 3 is 1.94 bits per heavy atom. The zero-order valence-electron chi connectivity index (χ0n) is 31.3. The van der Waals surface area contributed by atoms with Crippen molar-refractivity contribution in [3.63, 3.8) is 0 Å². The van der Waals surface area contributed by atoms with Crippen molar-refractivity contribution in [3.8, 4) is 22.4 Å². The van der Waals surface area contributed by atoms with Gasteiger partial charge in [0.2, 0.25) is 0 Å². The molecule has 3 saturated carbocycles. The van der Waals surface area contributed by atoms with Crippen LogP contribution in [0.4, 0.5) is 9.59 Å². The van der Waals surface area contributed by atoms with E-state index < -0.39 is 11.2 Å². The van der Waals surface area contributed by atoms with Crippen molar-refractivity contribution >= 4 is 45.2 Å². The first-order valence-electron chi connectivity index (χ1n) is 19.2. The SMILES string of the molecule is CC(C)(C)OC(=O)N1[C@H](c2nc3ccc(-c4ccc5nc(-c6ccc7nc([C@@H]8C[C@H]9C[C@H]9N8C(=O)OC(C)(C)C)[nH]c7c6)ccc5c4)cc3[nH]2)C2C3[C@H]2[C@@H]31. The highest BCUT2D eigenvalue weighted by Crippen LogP contribution is 2.81. The first kappa shape index (κ1) is 32.0. The molecule has 0 spiro atoms. The van der Waals surface area contributed by atoms with E-state index in [0.29, 0.717) is 29.7 Å². The molecule has 3 aromatic carbocycles. The van der Waals surface area contributed by atoms with Gasteiger partial charge < -0.3 is 19.4 Å². The van der Waals surface area contributed by atoms with Crippen LogP contribution < -0.4 is 0 Å². The number of hydrogen-bond acceptors (Lipinski definition) is 7. The molecule has 3 aromatic heterocycles. The number of imidazole rings is 2. The summed E-state index contributed by atoms with van der Waals surface area (Å²) in [4.78, 5) is 52.2. The van der Waals surface area contributed by atoms with Crippen molar-refractivity contribution in [1.29, 1.82) is 0 Å². The second-order valence-electron chi connectivity index (χ2n) is 18.1. The largest absolute Gasteiger partial charge is 0.444 e. The number of benzene rings is 3. The third kappa shape index (κ3) is 5.03. The Morgan fingerprint density at radius 2 is 1.24 bits per heavy atom. The molecule has 274 valence electrons. The van der Waals surface area contributed by atoms with Crippen LogP contribution in [0.2, 0.25) is 0 Å². The summed E-state index contributed by atoms with van der Waals surface area (Å²) in [6.07, 6.45) is 1.44. The average Bonchev–Trinajstić information content (AvgIpc) is 3.94. The van der Waals surface area contributed by atoms with Gasteiger partial charge >= 0.3 is 12.2 Å². The van der Waals surface area contributed by atoms with Crippen LogP contribution in [-0.4, -0.2) is 70.2 Å². The number of nitrogens with zero attached hydrogens (tertiary/aromatic N) is 5. The molecule has 12 rings (SSSR count). The standard InChI is InChI=1S/C43H43N7O4/c1-42(2,3)53-40(51)49-31-18-24(31)19-32(49)38-45-27-14-10-23(17-30(27)47-38)26-12-9-22-15-20(7-11-25(22)44-26)21-8-13-28-29(16-21)48-39(46-28)37-35-33-34(35)36(33)50(37)41(52)54-43(4,5)6/h7-17,24,31-37H,18-19H2,1-6H3,(H,45,47)(H,46,48)/t24-,31-,32+,33-,34?,35?,36+,37+/m1/s1. The number of carbonyl (C=O) groups is 2. The molecule has 6 aromatic rings. The van der Waals surface area contributed by atoms with Crippen molar-refractivity contribution in [2.75, 3.05) is 0 Å². The van der Waals surface area contributed by atoms with Crippen LogP contribution in [-0.2, 0) is 9.47 Å². The van der Waals surface area contributed by atoms with Crippen molar-refractivity contribution in [2.24, 2.45) is 23.7 Å². The summed E-state index contributed by atoms with van der Waals surface area (Å²) in [6.45, 7) is 11.5. The van der Waals surface area contributed by atoms with E-state index in [1.54, 1.807) is 0 Å². The highest BCUT2D eigenvalue weighted by atomic mass is 16.6. The first-order valence-corrected chi connectivity index (χ1v) is 19.2. The summed E-state index contributed by atoms with van der Waals surface area (Å²) in [5.74, 6) is 3.86. The number of hydrogen-bond donors (Lipinski definition) is 2. The smallest absolute Gasteiger partial charge is 0.411 e. The fourth-order valence-corrected chi connectivity index (χ4v) is 9.50. The molecule has 0 radical (unpaired) electrons. The molecule has 6 heterocycles. The number of likely N-dealkylation sites (tertiary alicyclic amines) is 1. The van der Waals surface area contributed by atoms with Crippen LogP contribution in [0.3, 0.4) is 0 Å². The number of rotatable bonds is 4. The molecule has 11 heteroatoms. The van der Waals surface area contributed by atoms with Crippen molar-refractivity contribution < 1.29 is 19.1 Å². The zero-order valence-corrected chi connectivity index (χ0v) is 31.3. The van der Waals surface area contributed by atoms with Gasteiger partial charge in [0.15, 0.2) is 0 Å². The summed E-state index contributed by atoms with van der Waals surface area (Å²) in [7, 11) is 0. The molecule has 11 nitrogen and oxygen atoms in total. The third-order valence-corrected chi connectivity index (χ3v) is 12.1. The van der Waals surface area contributed by atoms with E-state index in [-0.39, 0.29) is 30.3 Å². The van der Waals surface area contributed by atoms with Crippen molar-refractivity contribution in [2.45, 2.75) is 89.8 Å². The maximum absolute atomic E-state index is 13.2. The monoisotopic (exact) mass is 721 g/mol. The molecule has 3 saturated heterocycles. The number of ether oxygens (including phenoxy) is 2. The molecule has 3 aliphatic heterocycles. The number of aromatic amines is 2. The Bertz CT molecular complexity index is 2570. The summed E-state index contributed by atoms with van der Waals surface area (Å²) in [5.41, 5.74) is 7.52. The van der Waals surface area contributed by atoms with Gasteiger partial charge in [-0.05, 0) is 132 Å². The molecule has 2 bridgehead atoms. The molecule has 6 aliphatic rings. The fraction of sp³-hybridized carbons (Fsp3) is 0.419. The van der Waals surface area contributed by atoms with Gasteiger partial charge in [-0.2, -0.15) is 0 Å². The minimum atomic E-state index is -0.546. The van der Waals surface area contributed by atoms with Gasteiger partial charge in [-0.3, -0.25) is 9.80 Å². The van der Waals surface area contributed by atoms with E-state index in [9.17, 15) is 9.59 Å². The molecule has 2 unspecified atom stereocenters. The summed E-state index contributed by atoms with van der Waals surface area (Å²) in [5, 5.41) is 1.05. The lowest BCUT2D eigenvalue weighted by Crippen LogP contribution is -2.38. The van der Waals surface area contributed by atoms with Crippen LogP contribution >= 0.6 is 0 Å². The maximum Gasteiger partial charge on any atom is 0.411 e. The lowest BCUT2D eigenvalue weighted by Gasteiger charge is -2.29. The molecule has 6 fully saturated rings. The highest BCUT2D eigenvalue weighted by Gasteiger charge is 2.86. The highest BCUT2D eigenvalue weighted by molar-refractivity contribution is 5.90. The van der Waals surface area contributed by atoms with Gasteiger partial charge in [-0.1, -0.05) is 24.3 Å². The molecular weight excluding hydrogens is 679 g/mol. The minimum Gasteiger partial charge on any atom is -0.444 e. The van der Waals surface area contributed by atoms with Gasteiger partial charge in [0, 0.05) is 23.0 Å². The number of pyridine rings is 1. The summed E-state index contributed by atoms with van der Waals surface area (Å²) < 4.78 is 11.6. The van der Waals surface area contributed by atoms with Crippen LogP contribution in [0.1, 0.15) is 78.1 Å². The van der Waals surface area contributed by atoms with E-state index in [4.69, 9.17) is 24.4 Å². The average molecular weight is 722 g/mol. The van der Waals surface area contributed by atoms with Crippen LogP contribution in [0, 0.1) is 23.7 Å². The zero-order chi connectivity index (χ0) is 37.0. The van der Waals surface area contributed by atoms with Gasteiger partial charge in [0.1, 0.15) is 22.9 Å².